The number of phenols is 1. The third-order valence-electron chi connectivity index (χ3n) is 5.10. The average molecular weight is 559 g/mol. The van der Waals surface area contributed by atoms with Crippen molar-refractivity contribution in [2.24, 2.45) is 0 Å². The Hall–Kier alpha value is -4.48. The number of ether oxygens (including phenoxy) is 1. The number of benzene rings is 1. The lowest BCUT2D eigenvalue weighted by molar-refractivity contribution is -0.144. The monoisotopic (exact) mass is 559 g/mol. The van der Waals surface area contributed by atoms with E-state index in [0.717, 1.165) is 28.0 Å². The molecule has 17 nitrogen and oxygen atoms in total. The third-order valence-corrected chi connectivity index (χ3v) is 5.10. The number of phenolic OH excluding ortho intramolecular Hbond substituents is 1. The summed E-state index contributed by atoms with van der Waals surface area (Å²) in [5.41, 5.74) is -0.447. The van der Waals surface area contributed by atoms with Gasteiger partial charge in [0.05, 0.1) is 38.8 Å². The Bertz CT molecular complexity index is 1030. The Kier molecular flexibility index (Phi) is 13.1. The van der Waals surface area contributed by atoms with Crippen LogP contribution in [0.25, 0.3) is 0 Å². The Morgan fingerprint density at radius 1 is 0.692 bits per heavy atom. The SMILES string of the molecule is O=C(O)CN(CCN(CC(=O)O)CC(COc1ccc(O)cc1C(=O)O)N(CC(=O)O)CC(=O)O)CC(=O)O. The van der Waals surface area contributed by atoms with Crippen molar-refractivity contribution in [1.29, 1.82) is 0 Å². The van der Waals surface area contributed by atoms with Crippen molar-refractivity contribution in [2.45, 2.75) is 6.04 Å². The minimum atomic E-state index is -1.46. The van der Waals surface area contributed by atoms with E-state index in [4.69, 9.17) is 14.9 Å². The molecule has 0 saturated heterocycles. The fourth-order valence-electron chi connectivity index (χ4n) is 3.54. The number of carbonyl (C=O) groups is 6. The van der Waals surface area contributed by atoms with Gasteiger partial charge < -0.3 is 40.5 Å². The zero-order valence-corrected chi connectivity index (χ0v) is 20.5. The van der Waals surface area contributed by atoms with Crippen LogP contribution in [0.1, 0.15) is 10.4 Å². The maximum absolute atomic E-state index is 11.5. The van der Waals surface area contributed by atoms with Crippen LogP contribution in [-0.4, -0.2) is 151 Å². The molecule has 0 aliphatic carbocycles. The molecule has 17 heteroatoms. The number of carboxylic acid groups (broad SMARTS) is 6. The van der Waals surface area contributed by atoms with Gasteiger partial charge in [0.15, 0.2) is 0 Å². The van der Waals surface area contributed by atoms with Gasteiger partial charge in [-0.1, -0.05) is 0 Å². The third kappa shape index (κ3) is 13.0. The van der Waals surface area contributed by atoms with Crippen molar-refractivity contribution in [3.05, 3.63) is 23.8 Å². The molecule has 0 fully saturated rings. The second-order valence-corrected chi connectivity index (χ2v) is 8.27. The van der Waals surface area contributed by atoms with Crippen LogP contribution in [-0.2, 0) is 24.0 Å². The Labute approximate surface area is 220 Å². The van der Waals surface area contributed by atoms with Crippen LogP contribution in [0.4, 0.5) is 0 Å². The van der Waals surface area contributed by atoms with Gasteiger partial charge in [0.1, 0.15) is 23.7 Å². The Balaban J connectivity index is 3.28. The van der Waals surface area contributed by atoms with Crippen LogP contribution in [0, 0.1) is 0 Å². The van der Waals surface area contributed by atoms with Gasteiger partial charge in [-0.25, -0.2) is 4.79 Å². The van der Waals surface area contributed by atoms with Crippen molar-refractivity contribution in [3.63, 3.8) is 0 Å². The van der Waals surface area contributed by atoms with E-state index in [0.29, 0.717) is 0 Å². The standard InChI is InChI=1S/C22H29N3O14/c26-14-1-2-16(15(5-14)22(37)38)39-12-13(25(10-20(33)34)11-21(35)36)6-23(7-17(27)28)3-4-24(8-18(29)30)9-19(31)32/h1-2,5,13,26H,3-4,6-12H2,(H,27,28)(H,29,30)(H,31,32)(H,33,34)(H,35,36)(H,37,38). The zero-order chi connectivity index (χ0) is 29.7. The van der Waals surface area contributed by atoms with Gasteiger partial charge >= 0.3 is 35.8 Å². The first-order valence-electron chi connectivity index (χ1n) is 11.1. The molecule has 1 aromatic rings. The summed E-state index contributed by atoms with van der Waals surface area (Å²) in [5, 5.41) is 64.9. The Morgan fingerprint density at radius 3 is 1.62 bits per heavy atom. The first-order valence-corrected chi connectivity index (χ1v) is 11.1. The van der Waals surface area contributed by atoms with Crippen molar-refractivity contribution >= 4 is 35.8 Å². The topological polar surface area (TPSA) is 263 Å². The highest BCUT2D eigenvalue weighted by atomic mass is 16.5. The molecule has 39 heavy (non-hydrogen) atoms. The normalized spacial score (nSPS) is 11.9. The minimum Gasteiger partial charge on any atom is -0.508 e. The van der Waals surface area contributed by atoms with Gasteiger partial charge in [-0.15, -0.1) is 0 Å². The summed E-state index contributed by atoms with van der Waals surface area (Å²) in [5.74, 6) is -8.92. The lowest BCUT2D eigenvalue weighted by Crippen LogP contribution is -2.52. The molecular weight excluding hydrogens is 530 g/mol. The van der Waals surface area contributed by atoms with Crippen LogP contribution in [0.15, 0.2) is 18.2 Å². The second-order valence-electron chi connectivity index (χ2n) is 8.27. The van der Waals surface area contributed by atoms with E-state index in [-0.39, 0.29) is 31.1 Å². The number of rotatable bonds is 20. The molecule has 0 saturated carbocycles. The van der Waals surface area contributed by atoms with E-state index >= 15 is 0 Å². The lowest BCUT2D eigenvalue weighted by atomic mass is 10.2. The van der Waals surface area contributed by atoms with Crippen LogP contribution < -0.4 is 4.74 Å². The van der Waals surface area contributed by atoms with Gasteiger partial charge in [0, 0.05) is 19.6 Å². The smallest absolute Gasteiger partial charge is 0.339 e. The average Bonchev–Trinajstić information content (AvgIpc) is 2.78. The van der Waals surface area contributed by atoms with Crippen molar-refractivity contribution in [2.75, 3.05) is 59.0 Å². The number of hydrogen-bond acceptors (Lipinski definition) is 11. The summed E-state index contributed by atoms with van der Waals surface area (Å²) in [4.78, 5) is 71.2. The maximum Gasteiger partial charge on any atom is 0.339 e. The molecule has 0 spiro atoms. The molecule has 0 radical (unpaired) electrons. The molecule has 7 N–H and O–H groups in total. The molecule has 0 aliphatic heterocycles. The second kappa shape index (κ2) is 15.7. The van der Waals surface area contributed by atoms with Gasteiger partial charge in [-0.05, 0) is 18.2 Å². The van der Waals surface area contributed by atoms with Gasteiger partial charge in [0.2, 0.25) is 0 Å². The fraction of sp³-hybridized carbons (Fsp3) is 0.455. The summed E-state index contributed by atoms with van der Waals surface area (Å²) in [7, 11) is 0. The van der Waals surface area contributed by atoms with E-state index in [1.165, 1.54) is 4.90 Å². The first kappa shape index (κ1) is 32.5. The number of hydrogen-bond donors (Lipinski definition) is 7. The van der Waals surface area contributed by atoms with Gasteiger partial charge in [-0.3, -0.25) is 38.7 Å². The first-order chi connectivity index (χ1) is 18.2. The molecule has 216 valence electrons. The number of aliphatic carboxylic acids is 5. The highest BCUT2D eigenvalue weighted by Crippen LogP contribution is 2.24. The minimum absolute atomic E-state index is 0.211. The van der Waals surface area contributed by atoms with Crippen LogP contribution >= 0.6 is 0 Å². The van der Waals surface area contributed by atoms with E-state index in [1.807, 2.05) is 0 Å². The summed E-state index contributed by atoms with van der Waals surface area (Å²) < 4.78 is 5.54. The van der Waals surface area contributed by atoms with Crippen molar-refractivity contribution in [3.8, 4) is 11.5 Å². The lowest BCUT2D eigenvalue weighted by Gasteiger charge is -2.34. The van der Waals surface area contributed by atoms with E-state index in [1.54, 1.807) is 0 Å². The van der Waals surface area contributed by atoms with Crippen LogP contribution in [0.2, 0.25) is 0 Å². The van der Waals surface area contributed by atoms with E-state index in [2.05, 4.69) is 0 Å². The molecule has 1 aromatic carbocycles. The molecule has 1 unspecified atom stereocenters. The van der Waals surface area contributed by atoms with E-state index in [9.17, 15) is 54.3 Å². The molecule has 0 aromatic heterocycles. The molecule has 0 aliphatic rings. The van der Waals surface area contributed by atoms with E-state index < -0.39 is 86.8 Å². The maximum atomic E-state index is 11.5. The summed E-state index contributed by atoms with van der Waals surface area (Å²) >= 11 is 0. The summed E-state index contributed by atoms with van der Waals surface area (Å²) in [6, 6.07) is 1.99. The van der Waals surface area contributed by atoms with Crippen molar-refractivity contribution in [1.82, 2.24) is 14.7 Å². The molecule has 1 rings (SSSR count). The van der Waals surface area contributed by atoms with Gasteiger partial charge in [-0.2, -0.15) is 0 Å². The molecular formula is C22H29N3O14. The number of aromatic carboxylic acids is 1. The molecule has 0 amide bonds. The van der Waals surface area contributed by atoms with Crippen molar-refractivity contribution < 1.29 is 69.2 Å². The molecule has 0 bridgehead atoms. The molecule has 1 atom stereocenters. The number of aromatic hydroxyl groups is 1. The Morgan fingerprint density at radius 2 is 1.15 bits per heavy atom. The highest BCUT2D eigenvalue weighted by molar-refractivity contribution is 5.91. The summed E-state index contributed by atoms with van der Waals surface area (Å²) in [6.07, 6.45) is 0. The predicted molar refractivity (Wildman–Crippen MR) is 127 cm³/mol. The largest absolute Gasteiger partial charge is 0.508 e. The zero-order valence-electron chi connectivity index (χ0n) is 20.5. The predicted octanol–water partition coefficient (Wildman–Crippen LogP) is -1.83. The highest BCUT2D eigenvalue weighted by Gasteiger charge is 2.28. The molecule has 0 heterocycles. The summed E-state index contributed by atoms with van der Waals surface area (Å²) in [6.45, 7) is -4.92. The number of carboxylic acids is 6. The number of nitrogens with zero attached hydrogens (tertiary/aromatic N) is 3. The van der Waals surface area contributed by atoms with Gasteiger partial charge in [0.25, 0.3) is 0 Å². The fourth-order valence-corrected chi connectivity index (χ4v) is 3.54. The van der Waals surface area contributed by atoms with Crippen LogP contribution in [0.3, 0.4) is 0 Å². The van der Waals surface area contributed by atoms with Crippen LogP contribution in [0.5, 0.6) is 11.5 Å². The quantitative estimate of drug-likeness (QED) is 0.0925.